The summed E-state index contributed by atoms with van der Waals surface area (Å²) < 4.78 is 10.2. The van der Waals surface area contributed by atoms with Crippen LogP contribution in [-0.2, 0) is 17.7 Å². The van der Waals surface area contributed by atoms with E-state index in [2.05, 4.69) is 19.2 Å². The number of nitrogens with two attached hydrogens (primary N) is 1. The van der Waals surface area contributed by atoms with Crippen molar-refractivity contribution in [3.8, 4) is 16.9 Å². The summed E-state index contributed by atoms with van der Waals surface area (Å²) in [5.74, 6) is 0.105. The van der Waals surface area contributed by atoms with Crippen LogP contribution in [0.25, 0.3) is 11.1 Å². The molecule has 0 spiro atoms. The summed E-state index contributed by atoms with van der Waals surface area (Å²) in [7, 11) is 1.29. The van der Waals surface area contributed by atoms with Crippen LogP contribution in [0.3, 0.4) is 0 Å². The molecule has 1 amide bonds. The zero-order valence-electron chi connectivity index (χ0n) is 20.3. The lowest BCUT2D eigenvalue weighted by Crippen LogP contribution is -2.20. The van der Waals surface area contributed by atoms with E-state index >= 15 is 0 Å². The summed E-state index contributed by atoms with van der Waals surface area (Å²) in [5, 5.41) is 2.86. The van der Waals surface area contributed by atoms with E-state index in [0.29, 0.717) is 17.3 Å². The quantitative estimate of drug-likeness (QED) is 0.455. The maximum atomic E-state index is 12.9. The molecule has 0 saturated heterocycles. The first-order valence-corrected chi connectivity index (χ1v) is 11.2. The average molecular weight is 462 g/mol. The molecule has 1 heterocycles. The van der Waals surface area contributed by atoms with Crippen LogP contribution in [0.1, 0.15) is 46.7 Å². The Morgan fingerprint density at radius 1 is 1.09 bits per heavy atom. The van der Waals surface area contributed by atoms with Crippen LogP contribution in [0.15, 0.2) is 48.5 Å². The van der Waals surface area contributed by atoms with Gasteiger partial charge in [-0.25, -0.2) is 9.59 Å². The number of aryl methyl sites for hydroxylation is 2. The fourth-order valence-corrected chi connectivity index (χ4v) is 3.81. The number of methoxy groups -OCH3 is 1. The van der Waals surface area contributed by atoms with E-state index in [-0.39, 0.29) is 17.9 Å². The second-order valence-electron chi connectivity index (χ2n) is 8.57. The Kier molecular flexibility index (Phi) is 8.02. The molecule has 0 fully saturated rings. The molecular formula is C27H31N3O4. The zero-order valence-corrected chi connectivity index (χ0v) is 20.3. The number of anilines is 1. The number of aromatic nitrogens is 1. The molecule has 0 aliphatic rings. The normalized spacial score (nSPS) is 10.8. The maximum absolute atomic E-state index is 12.9. The van der Waals surface area contributed by atoms with Gasteiger partial charge >= 0.3 is 12.1 Å². The van der Waals surface area contributed by atoms with Crippen molar-refractivity contribution in [2.45, 2.75) is 40.7 Å². The number of esters is 1. The largest absolute Gasteiger partial charge is 0.465 e. The highest BCUT2D eigenvalue weighted by molar-refractivity contribution is 5.95. The zero-order chi connectivity index (χ0) is 24.8. The third kappa shape index (κ3) is 5.80. The van der Waals surface area contributed by atoms with Crippen LogP contribution in [0.2, 0.25) is 0 Å². The summed E-state index contributed by atoms with van der Waals surface area (Å²) in [6.45, 7) is 8.43. The van der Waals surface area contributed by atoms with Crippen LogP contribution in [0.5, 0.6) is 5.75 Å². The Labute approximate surface area is 200 Å². The predicted octanol–water partition coefficient (Wildman–Crippen LogP) is 5.42. The van der Waals surface area contributed by atoms with Crippen molar-refractivity contribution in [1.29, 1.82) is 0 Å². The standard InChI is InChI=1S/C27H31N3O4/c1-16(2)13-23-22(15-28)24(19-11-9-17(3)10-12-19)25(18(4)29-23)30-27(32)34-21-8-6-7-20(14-21)26(31)33-5/h6-12,14,16H,13,15,28H2,1-5H3,(H,30,32). The lowest BCUT2D eigenvalue weighted by molar-refractivity contribution is 0.0600. The number of hydrogen-bond donors (Lipinski definition) is 2. The molecular weight excluding hydrogens is 430 g/mol. The molecule has 3 aromatic rings. The SMILES string of the molecule is COC(=O)c1cccc(OC(=O)Nc2c(C)nc(CC(C)C)c(CN)c2-c2ccc(C)cc2)c1. The Morgan fingerprint density at radius 3 is 2.41 bits per heavy atom. The van der Waals surface area contributed by atoms with Crippen molar-refractivity contribution in [1.82, 2.24) is 4.98 Å². The van der Waals surface area contributed by atoms with E-state index in [1.54, 1.807) is 18.2 Å². The first kappa shape index (κ1) is 24.9. The fraction of sp³-hybridized carbons (Fsp3) is 0.296. The van der Waals surface area contributed by atoms with Crippen LogP contribution in [0.4, 0.5) is 10.5 Å². The van der Waals surface area contributed by atoms with Crippen molar-refractivity contribution in [3.05, 3.63) is 76.6 Å². The van der Waals surface area contributed by atoms with Crippen LogP contribution < -0.4 is 15.8 Å². The predicted molar refractivity (Wildman–Crippen MR) is 133 cm³/mol. The second kappa shape index (κ2) is 10.9. The number of rotatable bonds is 7. The average Bonchev–Trinajstić information content (AvgIpc) is 2.80. The number of hydrogen-bond acceptors (Lipinski definition) is 6. The molecule has 7 heteroatoms. The van der Waals surface area contributed by atoms with Gasteiger partial charge in [0.25, 0.3) is 0 Å². The van der Waals surface area contributed by atoms with E-state index in [0.717, 1.165) is 34.4 Å². The van der Waals surface area contributed by atoms with Crippen LogP contribution >= 0.6 is 0 Å². The van der Waals surface area contributed by atoms with Gasteiger partial charge in [-0.1, -0.05) is 49.7 Å². The second-order valence-corrected chi connectivity index (χ2v) is 8.57. The van der Waals surface area contributed by atoms with Gasteiger partial charge in [-0.3, -0.25) is 10.3 Å². The first-order valence-electron chi connectivity index (χ1n) is 11.2. The molecule has 0 atom stereocenters. The highest BCUT2D eigenvalue weighted by Crippen LogP contribution is 2.36. The smallest absolute Gasteiger partial charge is 0.417 e. The Hall–Kier alpha value is -3.71. The molecule has 3 N–H and O–H groups in total. The minimum atomic E-state index is -0.695. The Morgan fingerprint density at radius 2 is 1.79 bits per heavy atom. The summed E-state index contributed by atoms with van der Waals surface area (Å²) >= 11 is 0. The van der Waals surface area contributed by atoms with E-state index in [9.17, 15) is 9.59 Å². The highest BCUT2D eigenvalue weighted by Gasteiger charge is 2.21. The minimum absolute atomic E-state index is 0.221. The molecule has 34 heavy (non-hydrogen) atoms. The van der Waals surface area contributed by atoms with Gasteiger partial charge in [-0.05, 0) is 55.5 Å². The summed E-state index contributed by atoms with van der Waals surface area (Å²) in [6.07, 6.45) is 0.0805. The molecule has 0 saturated carbocycles. The molecule has 1 aromatic heterocycles. The van der Waals surface area contributed by atoms with Crippen molar-refractivity contribution in [3.63, 3.8) is 0 Å². The number of amides is 1. The molecule has 3 rings (SSSR count). The third-order valence-electron chi connectivity index (χ3n) is 5.40. The number of pyridine rings is 1. The summed E-state index contributed by atoms with van der Waals surface area (Å²) in [4.78, 5) is 29.5. The van der Waals surface area contributed by atoms with E-state index in [4.69, 9.17) is 20.2 Å². The van der Waals surface area contributed by atoms with Crippen molar-refractivity contribution >= 4 is 17.7 Å². The van der Waals surface area contributed by atoms with E-state index in [1.807, 2.05) is 38.1 Å². The molecule has 0 aliphatic carbocycles. The molecule has 178 valence electrons. The molecule has 0 aliphatic heterocycles. The van der Waals surface area contributed by atoms with Crippen LogP contribution in [-0.4, -0.2) is 24.2 Å². The summed E-state index contributed by atoms with van der Waals surface area (Å²) in [5.41, 5.74) is 12.4. The number of benzene rings is 2. The number of carbonyl (C=O) groups is 2. The van der Waals surface area contributed by atoms with Gasteiger partial charge < -0.3 is 15.2 Å². The minimum Gasteiger partial charge on any atom is -0.465 e. The molecule has 2 aromatic carbocycles. The third-order valence-corrected chi connectivity index (χ3v) is 5.40. The number of carbonyl (C=O) groups excluding carboxylic acids is 2. The van der Waals surface area contributed by atoms with Gasteiger partial charge in [0.2, 0.25) is 0 Å². The van der Waals surface area contributed by atoms with Gasteiger partial charge in [-0.2, -0.15) is 0 Å². The van der Waals surface area contributed by atoms with Gasteiger partial charge in [-0.15, -0.1) is 0 Å². The van der Waals surface area contributed by atoms with Gasteiger partial charge in [0.1, 0.15) is 5.75 Å². The maximum Gasteiger partial charge on any atom is 0.417 e. The first-order chi connectivity index (χ1) is 16.2. The number of nitrogens with zero attached hydrogens (tertiary/aromatic N) is 1. The topological polar surface area (TPSA) is 104 Å². The fourth-order valence-electron chi connectivity index (χ4n) is 3.81. The number of ether oxygens (including phenoxy) is 2. The van der Waals surface area contributed by atoms with Crippen molar-refractivity contribution < 1.29 is 19.1 Å². The summed E-state index contributed by atoms with van der Waals surface area (Å²) in [6, 6.07) is 14.3. The van der Waals surface area contributed by atoms with E-state index < -0.39 is 12.1 Å². The lowest BCUT2D eigenvalue weighted by atomic mass is 9.92. The number of nitrogens with one attached hydrogen (secondary N) is 1. The monoisotopic (exact) mass is 461 g/mol. The molecule has 0 bridgehead atoms. The lowest BCUT2D eigenvalue weighted by Gasteiger charge is -2.21. The van der Waals surface area contributed by atoms with E-state index in [1.165, 1.54) is 13.2 Å². The van der Waals surface area contributed by atoms with Gasteiger partial charge in [0.05, 0.1) is 24.1 Å². The van der Waals surface area contributed by atoms with Crippen LogP contribution in [0, 0.1) is 19.8 Å². The van der Waals surface area contributed by atoms with Crippen molar-refractivity contribution in [2.75, 3.05) is 12.4 Å². The molecule has 7 nitrogen and oxygen atoms in total. The van der Waals surface area contributed by atoms with Gasteiger partial charge in [0, 0.05) is 17.8 Å². The Balaban J connectivity index is 2.02. The highest BCUT2D eigenvalue weighted by atomic mass is 16.6. The Bertz CT molecular complexity index is 1190. The molecule has 0 radical (unpaired) electrons. The molecule has 0 unspecified atom stereocenters. The van der Waals surface area contributed by atoms with Crippen molar-refractivity contribution in [2.24, 2.45) is 11.7 Å². The van der Waals surface area contributed by atoms with Gasteiger partial charge in [0.15, 0.2) is 0 Å².